The fourth-order valence-corrected chi connectivity index (χ4v) is 2.64. The van der Waals surface area contributed by atoms with Crippen LogP contribution >= 0.6 is 0 Å². The zero-order valence-electron chi connectivity index (χ0n) is 10.6. The van der Waals surface area contributed by atoms with Crippen molar-refractivity contribution >= 4 is 0 Å². The summed E-state index contributed by atoms with van der Waals surface area (Å²) >= 11 is 0. The lowest BCUT2D eigenvalue weighted by molar-refractivity contribution is 0.320. The van der Waals surface area contributed by atoms with Gasteiger partial charge in [-0.2, -0.15) is 0 Å². The van der Waals surface area contributed by atoms with Crippen molar-refractivity contribution in [3.8, 4) is 5.75 Å². The van der Waals surface area contributed by atoms with Gasteiger partial charge < -0.3 is 9.52 Å². The minimum atomic E-state index is -0.556. The molecule has 0 radical (unpaired) electrons. The summed E-state index contributed by atoms with van der Waals surface area (Å²) in [7, 11) is 0. The molecule has 1 fully saturated rings. The van der Waals surface area contributed by atoms with E-state index in [1.807, 2.05) is 12.1 Å². The van der Waals surface area contributed by atoms with E-state index in [0.717, 1.165) is 30.8 Å². The Bertz CT molecular complexity index is 553. The average Bonchev–Trinajstić information content (AvgIpc) is 3.04. The maximum atomic E-state index is 13.3. The summed E-state index contributed by atoms with van der Waals surface area (Å²) in [5.41, 5.74) is 0.885. The highest BCUT2D eigenvalue weighted by Gasteiger charge is 2.25. The predicted octanol–water partition coefficient (Wildman–Crippen LogP) is 3.11. The Labute approximate surface area is 111 Å². The molecule has 1 aliphatic rings. The molecular formula is C15H16FNO2. The lowest BCUT2D eigenvalue weighted by Gasteiger charge is -2.15. The molecule has 1 atom stereocenters. The van der Waals surface area contributed by atoms with Crippen molar-refractivity contribution in [2.24, 2.45) is 0 Å². The minimum Gasteiger partial charge on any atom is -0.505 e. The molecule has 0 aliphatic carbocycles. The summed E-state index contributed by atoms with van der Waals surface area (Å²) in [5, 5.41) is 9.17. The molecule has 0 bridgehead atoms. The number of phenols is 1. The molecule has 2 heterocycles. The quantitative estimate of drug-likeness (QED) is 0.922. The lowest BCUT2D eigenvalue weighted by Crippen LogP contribution is -2.19. The van der Waals surface area contributed by atoms with E-state index in [9.17, 15) is 9.50 Å². The Hall–Kier alpha value is -1.81. The standard InChI is InChI=1S/C15H16FNO2/c16-13-8-11(3-4-14(13)18)9-17-6-5-12(10-17)15-2-1-7-19-15/h1-4,7-8,12,18H,5-6,9-10H2. The zero-order valence-corrected chi connectivity index (χ0v) is 10.6. The molecule has 3 rings (SSSR count). The molecule has 0 saturated carbocycles. The fraction of sp³-hybridized carbons (Fsp3) is 0.333. The molecule has 100 valence electrons. The first kappa shape index (κ1) is 12.2. The second kappa shape index (κ2) is 5.05. The zero-order chi connectivity index (χ0) is 13.2. The van der Waals surface area contributed by atoms with E-state index >= 15 is 0 Å². The van der Waals surface area contributed by atoms with Gasteiger partial charge in [0.2, 0.25) is 0 Å². The van der Waals surface area contributed by atoms with Crippen LogP contribution in [0.4, 0.5) is 4.39 Å². The van der Waals surface area contributed by atoms with Gasteiger partial charge in [0.15, 0.2) is 11.6 Å². The number of likely N-dealkylation sites (tertiary alicyclic amines) is 1. The molecule has 0 amide bonds. The topological polar surface area (TPSA) is 36.6 Å². The van der Waals surface area contributed by atoms with Crippen molar-refractivity contribution in [2.75, 3.05) is 13.1 Å². The number of aromatic hydroxyl groups is 1. The number of phenolic OH excluding ortho intramolecular Hbond substituents is 1. The highest BCUT2D eigenvalue weighted by Crippen LogP contribution is 2.28. The highest BCUT2D eigenvalue weighted by molar-refractivity contribution is 5.28. The van der Waals surface area contributed by atoms with Crippen LogP contribution in [0.5, 0.6) is 5.75 Å². The van der Waals surface area contributed by atoms with Gasteiger partial charge in [-0.05, 0) is 42.8 Å². The predicted molar refractivity (Wildman–Crippen MR) is 69.4 cm³/mol. The van der Waals surface area contributed by atoms with Crippen LogP contribution in [0.1, 0.15) is 23.7 Å². The Morgan fingerprint density at radius 3 is 3.00 bits per heavy atom. The van der Waals surface area contributed by atoms with E-state index in [0.29, 0.717) is 12.5 Å². The molecule has 1 aliphatic heterocycles. The molecule has 2 aromatic rings. The molecule has 1 N–H and O–H groups in total. The molecule has 19 heavy (non-hydrogen) atoms. The van der Waals surface area contributed by atoms with Crippen LogP contribution in [-0.2, 0) is 6.54 Å². The van der Waals surface area contributed by atoms with Crippen molar-refractivity contribution < 1.29 is 13.9 Å². The molecule has 1 aromatic carbocycles. The molecule has 1 saturated heterocycles. The number of nitrogens with zero attached hydrogens (tertiary/aromatic N) is 1. The summed E-state index contributed by atoms with van der Waals surface area (Å²) in [6, 6.07) is 8.49. The lowest BCUT2D eigenvalue weighted by atomic mass is 10.1. The molecular weight excluding hydrogens is 245 g/mol. The van der Waals surface area contributed by atoms with Crippen LogP contribution in [-0.4, -0.2) is 23.1 Å². The second-order valence-electron chi connectivity index (χ2n) is 5.02. The number of furan rings is 1. The fourth-order valence-electron chi connectivity index (χ4n) is 2.64. The van der Waals surface area contributed by atoms with Gasteiger partial charge in [-0.25, -0.2) is 4.39 Å². The Morgan fingerprint density at radius 2 is 2.26 bits per heavy atom. The van der Waals surface area contributed by atoms with Gasteiger partial charge in [0.05, 0.1) is 6.26 Å². The van der Waals surface area contributed by atoms with E-state index in [2.05, 4.69) is 4.90 Å². The molecule has 0 spiro atoms. The smallest absolute Gasteiger partial charge is 0.165 e. The third-order valence-electron chi connectivity index (χ3n) is 3.64. The number of halogens is 1. The van der Waals surface area contributed by atoms with Crippen LogP contribution in [0, 0.1) is 5.82 Å². The number of rotatable bonds is 3. The minimum absolute atomic E-state index is 0.293. The monoisotopic (exact) mass is 261 g/mol. The maximum absolute atomic E-state index is 13.3. The van der Waals surface area contributed by atoms with E-state index < -0.39 is 5.82 Å². The summed E-state index contributed by atoms with van der Waals surface area (Å²) in [5.74, 6) is 0.606. The SMILES string of the molecule is Oc1ccc(CN2CCC(c3ccco3)C2)cc1F. The van der Waals surface area contributed by atoms with Crippen molar-refractivity contribution in [3.05, 3.63) is 53.7 Å². The normalized spacial score (nSPS) is 19.9. The van der Waals surface area contributed by atoms with Crippen LogP contribution in [0.15, 0.2) is 41.0 Å². The van der Waals surface area contributed by atoms with Gasteiger partial charge in [0, 0.05) is 19.0 Å². The van der Waals surface area contributed by atoms with Crippen LogP contribution in [0.3, 0.4) is 0 Å². The van der Waals surface area contributed by atoms with Gasteiger partial charge in [0.1, 0.15) is 5.76 Å². The van der Waals surface area contributed by atoms with E-state index in [-0.39, 0.29) is 5.75 Å². The van der Waals surface area contributed by atoms with E-state index in [4.69, 9.17) is 4.42 Å². The summed E-state index contributed by atoms with van der Waals surface area (Å²) in [4.78, 5) is 2.28. The summed E-state index contributed by atoms with van der Waals surface area (Å²) < 4.78 is 18.7. The van der Waals surface area contributed by atoms with Crippen LogP contribution in [0.25, 0.3) is 0 Å². The van der Waals surface area contributed by atoms with Gasteiger partial charge in [-0.1, -0.05) is 6.07 Å². The van der Waals surface area contributed by atoms with Crippen molar-refractivity contribution in [3.63, 3.8) is 0 Å². The number of hydrogen-bond donors (Lipinski definition) is 1. The molecule has 1 unspecified atom stereocenters. The summed E-state index contributed by atoms with van der Waals surface area (Å²) in [6.07, 6.45) is 2.77. The second-order valence-corrected chi connectivity index (χ2v) is 5.02. The first-order valence-electron chi connectivity index (χ1n) is 6.45. The summed E-state index contributed by atoms with van der Waals surface area (Å²) in [6.45, 7) is 2.61. The third-order valence-corrected chi connectivity index (χ3v) is 3.64. The molecule has 4 heteroatoms. The van der Waals surface area contributed by atoms with Crippen molar-refractivity contribution in [1.29, 1.82) is 0 Å². The number of hydrogen-bond acceptors (Lipinski definition) is 3. The third kappa shape index (κ3) is 2.63. The van der Waals surface area contributed by atoms with Crippen molar-refractivity contribution in [2.45, 2.75) is 18.9 Å². The van der Waals surface area contributed by atoms with Gasteiger partial charge >= 0.3 is 0 Å². The van der Waals surface area contributed by atoms with E-state index in [1.54, 1.807) is 12.3 Å². The molecule has 3 nitrogen and oxygen atoms in total. The van der Waals surface area contributed by atoms with Crippen LogP contribution < -0.4 is 0 Å². The van der Waals surface area contributed by atoms with Crippen LogP contribution in [0.2, 0.25) is 0 Å². The Balaban J connectivity index is 1.64. The van der Waals surface area contributed by atoms with E-state index in [1.165, 1.54) is 12.1 Å². The van der Waals surface area contributed by atoms with Crippen molar-refractivity contribution in [1.82, 2.24) is 4.90 Å². The maximum Gasteiger partial charge on any atom is 0.165 e. The van der Waals surface area contributed by atoms with Gasteiger partial charge in [-0.3, -0.25) is 4.90 Å². The Morgan fingerprint density at radius 1 is 1.37 bits per heavy atom. The first-order chi connectivity index (χ1) is 9.22. The van der Waals surface area contributed by atoms with Gasteiger partial charge in [0.25, 0.3) is 0 Å². The first-order valence-corrected chi connectivity index (χ1v) is 6.45. The highest BCUT2D eigenvalue weighted by atomic mass is 19.1. The Kier molecular flexibility index (Phi) is 3.25. The number of benzene rings is 1. The molecule has 1 aromatic heterocycles. The van der Waals surface area contributed by atoms with Gasteiger partial charge in [-0.15, -0.1) is 0 Å². The average molecular weight is 261 g/mol. The largest absolute Gasteiger partial charge is 0.505 e.